The highest BCUT2D eigenvalue weighted by molar-refractivity contribution is 9.10. The minimum absolute atomic E-state index is 0.116. The van der Waals surface area contributed by atoms with Gasteiger partial charge in [-0.15, -0.1) is 0 Å². The molecular formula is C14H13BrN2O2. The van der Waals surface area contributed by atoms with Crippen LogP contribution in [0.2, 0.25) is 0 Å². The molecule has 1 N–H and O–H groups in total. The molecule has 19 heavy (non-hydrogen) atoms. The van der Waals surface area contributed by atoms with Gasteiger partial charge in [0.1, 0.15) is 0 Å². The van der Waals surface area contributed by atoms with Gasteiger partial charge in [-0.3, -0.25) is 10.1 Å². The SMILES string of the molecule is Cc1c(Br)cccc1NCc1cccc([N+](=O)[O-])c1. The van der Waals surface area contributed by atoms with E-state index >= 15 is 0 Å². The molecule has 2 aromatic rings. The molecule has 0 amide bonds. The first-order valence-corrected chi connectivity index (χ1v) is 6.59. The van der Waals surface area contributed by atoms with Gasteiger partial charge in [-0.1, -0.05) is 34.1 Å². The van der Waals surface area contributed by atoms with E-state index in [1.165, 1.54) is 6.07 Å². The molecule has 0 atom stereocenters. The minimum Gasteiger partial charge on any atom is -0.381 e. The second-order valence-electron chi connectivity index (χ2n) is 4.19. The monoisotopic (exact) mass is 320 g/mol. The highest BCUT2D eigenvalue weighted by atomic mass is 79.9. The number of hydrogen-bond acceptors (Lipinski definition) is 3. The molecule has 0 aromatic heterocycles. The Hall–Kier alpha value is -1.88. The standard InChI is InChI=1S/C14H13BrN2O2/c1-10-13(15)6-3-7-14(10)16-9-11-4-2-5-12(8-11)17(18)19/h2-8,16H,9H2,1H3. The van der Waals surface area contributed by atoms with E-state index in [-0.39, 0.29) is 10.6 Å². The van der Waals surface area contributed by atoms with Crippen molar-refractivity contribution < 1.29 is 4.92 Å². The van der Waals surface area contributed by atoms with Gasteiger partial charge in [0.2, 0.25) is 0 Å². The van der Waals surface area contributed by atoms with Crippen LogP contribution < -0.4 is 5.32 Å². The van der Waals surface area contributed by atoms with Gasteiger partial charge in [0.15, 0.2) is 0 Å². The lowest BCUT2D eigenvalue weighted by Crippen LogP contribution is -2.01. The largest absolute Gasteiger partial charge is 0.381 e. The zero-order valence-corrected chi connectivity index (χ0v) is 12.0. The molecule has 0 aliphatic rings. The Balaban J connectivity index is 2.12. The van der Waals surface area contributed by atoms with Crippen LogP contribution in [0.3, 0.4) is 0 Å². The fraction of sp³-hybridized carbons (Fsp3) is 0.143. The molecule has 5 heteroatoms. The summed E-state index contributed by atoms with van der Waals surface area (Å²) in [5.41, 5.74) is 3.13. The molecule has 0 aliphatic heterocycles. The van der Waals surface area contributed by atoms with Gasteiger partial charge >= 0.3 is 0 Å². The second kappa shape index (κ2) is 5.84. The van der Waals surface area contributed by atoms with Crippen LogP contribution in [0.4, 0.5) is 11.4 Å². The number of nitro benzene ring substituents is 1. The maximum atomic E-state index is 10.7. The first-order valence-electron chi connectivity index (χ1n) is 5.80. The maximum absolute atomic E-state index is 10.7. The Morgan fingerprint density at radius 1 is 1.26 bits per heavy atom. The number of nitrogens with zero attached hydrogens (tertiary/aromatic N) is 1. The molecule has 0 saturated heterocycles. The first-order chi connectivity index (χ1) is 9.08. The van der Waals surface area contributed by atoms with Crippen molar-refractivity contribution in [3.05, 3.63) is 68.2 Å². The molecule has 0 radical (unpaired) electrons. The number of halogens is 1. The van der Waals surface area contributed by atoms with Crippen molar-refractivity contribution in [2.75, 3.05) is 5.32 Å². The van der Waals surface area contributed by atoms with Crippen LogP contribution in [-0.4, -0.2) is 4.92 Å². The zero-order chi connectivity index (χ0) is 13.8. The summed E-state index contributed by atoms with van der Waals surface area (Å²) in [7, 11) is 0. The number of benzene rings is 2. The Labute approximate surface area is 119 Å². The predicted octanol–water partition coefficient (Wildman–Crippen LogP) is 4.28. The number of hydrogen-bond donors (Lipinski definition) is 1. The molecule has 98 valence electrons. The van der Waals surface area contributed by atoms with E-state index in [1.807, 2.05) is 31.2 Å². The smallest absolute Gasteiger partial charge is 0.269 e. The van der Waals surface area contributed by atoms with Crippen LogP contribution >= 0.6 is 15.9 Å². The predicted molar refractivity (Wildman–Crippen MR) is 79.3 cm³/mol. The van der Waals surface area contributed by atoms with Crippen molar-refractivity contribution in [2.24, 2.45) is 0 Å². The van der Waals surface area contributed by atoms with Crippen LogP contribution in [0.5, 0.6) is 0 Å². The Kier molecular flexibility index (Phi) is 4.16. The van der Waals surface area contributed by atoms with E-state index in [1.54, 1.807) is 12.1 Å². The van der Waals surface area contributed by atoms with Crippen LogP contribution in [0.25, 0.3) is 0 Å². The second-order valence-corrected chi connectivity index (χ2v) is 5.05. The fourth-order valence-electron chi connectivity index (χ4n) is 1.78. The van der Waals surface area contributed by atoms with Crippen LogP contribution in [0.1, 0.15) is 11.1 Å². The number of anilines is 1. The number of nitro groups is 1. The van der Waals surface area contributed by atoms with E-state index in [2.05, 4.69) is 21.2 Å². The van der Waals surface area contributed by atoms with Crippen LogP contribution in [0, 0.1) is 17.0 Å². The molecule has 0 unspecified atom stereocenters. The van der Waals surface area contributed by atoms with Gasteiger partial charge in [0.05, 0.1) is 4.92 Å². The van der Waals surface area contributed by atoms with E-state index < -0.39 is 0 Å². The first kappa shape index (κ1) is 13.5. The van der Waals surface area contributed by atoms with E-state index in [4.69, 9.17) is 0 Å². The third-order valence-electron chi connectivity index (χ3n) is 2.87. The summed E-state index contributed by atoms with van der Waals surface area (Å²) in [6.45, 7) is 2.57. The summed E-state index contributed by atoms with van der Waals surface area (Å²) >= 11 is 3.47. The van der Waals surface area contributed by atoms with Gasteiger partial charge in [-0.05, 0) is 30.2 Å². The molecule has 0 fully saturated rings. The topological polar surface area (TPSA) is 55.2 Å². The summed E-state index contributed by atoms with van der Waals surface area (Å²) in [6.07, 6.45) is 0. The normalized spacial score (nSPS) is 10.2. The molecular weight excluding hydrogens is 308 g/mol. The Morgan fingerprint density at radius 3 is 2.74 bits per heavy atom. The lowest BCUT2D eigenvalue weighted by Gasteiger charge is -2.10. The molecule has 2 aromatic carbocycles. The Bertz CT molecular complexity index is 614. The molecule has 0 heterocycles. The van der Waals surface area contributed by atoms with Gasteiger partial charge < -0.3 is 5.32 Å². The van der Waals surface area contributed by atoms with E-state index in [0.29, 0.717) is 6.54 Å². The van der Waals surface area contributed by atoms with Crippen molar-refractivity contribution >= 4 is 27.3 Å². The van der Waals surface area contributed by atoms with Crippen LogP contribution in [0.15, 0.2) is 46.9 Å². The van der Waals surface area contributed by atoms with Gasteiger partial charge in [0, 0.05) is 28.8 Å². The van der Waals surface area contributed by atoms with E-state index in [9.17, 15) is 10.1 Å². The van der Waals surface area contributed by atoms with Gasteiger partial charge in [-0.25, -0.2) is 0 Å². The fourth-order valence-corrected chi connectivity index (χ4v) is 2.14. The average molecular weight is 321 g/mol. The lowest BCUT2D eigenvalue weighted by molar-refractivity contribution is -0.384. The molecule has 0 aliphatic carbocycles. The summed E-state index contributed by atoms with van der Waals surface area (Å²) in [4.78, 5) is 10.3. The van der Waals surface area contributed by atoms with Crippen molar-refractivity contribution in [1.82, 2.24) is 0 Å². The summed E-state index contributed by atoms with van der Waals surface area (Å²) in [5, 5.41) is 14.0. The zero-order valence-electron chi connectivity index (χ0n) is 10.4. The summed E-state index contributed by atoms with van der Waals surface area (Å²) in [5.74, 6) is 0. The van der Waals surface area contributed by atoms with Crippen molar-refractivity contribution in [2.45, 2.75) is 13.5 Å². The maximum Gasteiger partial charge on any atom is 0.269 e. The molecule has 4 nitrogen and oxygen atoms in total. The Morgan fingerprint density at radius 2 is 2.00 bits per heavy atom. The summed E-state index contributed by atoms with van der Waals surface area (Å²) < 4.78 is 1.04. The number of non-ortho nitro benzene ring substituents is 1. The third kappa shape index (κ3) is 3.32. The summed E-state index contributed by atoms with van der Waals surface area (Å²) in [6, 6.07) is 12.6. The lowest BCUT2D eigenvalue weighted by atomic mass is 10.1. The van der Waals surface area contributed by atoms with Crippen molar-refractivity contribution in [1.29, 1.82) is 0 Å². The van der Waals surface area contributed by atoms with Crippen molar-refractivity contribution in [3.8, 4) is 0 Å². The molecule has 2 rings (SSSR count). The van der Waals surface area contributed by atoms with Crippen LogP contribution in [-0.2, 0) is 6.54 Å². The minimum atomic E-state index is -0.381. The highest BCUT2D eigenvalue weighted by Crippen LogP contribution is 2.24. The molecule has 0 spiro atoms. The molecule has 0 saturated carbocycles. The number of nitrogens with one attached hydrogen (secondary N) is 1. The molecule has 0 bridgehead atoms. The number of rotatable bonds is 4. The van der Waals surface area contributed by atoms with Gasteiger partial charge in [0.25, 0.3) is 5.69 Å². The van der Waals surface area contributed by atoms with E-state index in [0.717, 1.165) is 21.3 Å². The quantitative estimate of drug-likeness (QED) is 0.675. The van der Waals surface area contributed by atoms with Gasteiger partial charge in [-0.2, -0.15) is 0 Å². The average Bonchev–Trinajstić information content (AvgIpc) is 2.41. The third-order valence-corrected chi connectivity index (χ3v) is 3.73. The van der Waals surface area contributed by atoms with Crippen molar-refractivity contribution in [3.63, 3.8) is 0 Å². The highest BCUT2D eigenvalue weighted by Gasteiger charge is 2.06.